The number of Topliss-reactive ketones (excluding diaryl/α,β-unsaturated/α-hetero) is 2. The predicted molar refractivity (Wildman–Crippen MR) is 255 cm³/mol. The Morgan fingerprint density at radius 3 is 1.37 bits per heavy atom. The molecular formula is C52H76N4O9. The first kappa shape index (κ1) is 53.1. The van der Waals surface area contributed by atoms with Gasteiger partial charge in [-0.05, 0) is 103 Å². The van der Waals surface area contributed by atoms with E-state index in [1.807, 2.05) is 120 Å². The molecule has 13 heteroatoms. The molecule has 0 radical (unpaired) electrons. The van der Waals surface area contributed by atoms with E-state index in [1.54, 1.807) is 0 Å². The van der Waals surface area contributed by atoms with E-state index < -0.39 is 16.8 Å². The summed E-state index contributed by atoms with van der Waals surface area (Å²) in [6, 6.07) is 22.5. The van der Waals surface area contributed by atoms with Crippen LogP contribution in [0.2, 0.25) is 0 Å². The number of nitrogens with zero attached hydrogens (tertiary/aromatic N) is 4. The second-order valence-corrected chi connectivity index (χ2v) is 20.5. The highest BCUT2D eigenvalue weighted by molar-refractivity contribution is 5.84. The van der Waals surface area contributed by atoms with Crippen LogP contribution >= 0.6 is 0 Å². The molecule has 4 rings (SSSR count). The van der Waals surface area contributed by atoms with Crippen LogP contribution in [0, 0.1) is 5.92 Å². The van der Waals surface area contributed by atoms with Crippen molar-refractivity contribution in [1.82, 2.24) is 19.6 Å². The molecule has 1 saturated heterocycles. The van der Waals surface area contributed by atoms with Crippen molar-refractivity contribution >= 4 is 40.2 Å². The number of hydrogen-bond donors (Lipinski definition) is 0. The summed E-state index contributed by atoms with van der Waals surface area (Å²) in [6.45, 7) is 23.1. The minimum absolute atomic E-state index is 0.0472. The molecule has 1 fully saturated rings. The van der Waals surface area contributed by atoms with E-state index in [9.17, 15) is 24.0 Å². The average molecular weight is 901 g/mol. The van der Waals surface area contributed by atoms with Gasteiger partial charge in [-0.2, -0.15) is 0 Å². The summed E-state index contributed by atoms with van der Waals surface area (Å²) in [5, 5.41) is 2.35. The van der Waals surface area contributed by atoms with Crippen LogP contribution < -0.4 is 0 Å². The molecule has 0 aliphatic carbocycles. The number of ether oxygens (including phenoxy) is 4. The minimum Gasteiger partial charge on any atom is -0.459 e. The third-order valence-electron chi connectivity index (χ3n) is 10.8. The molecule has 3 aromatic carbocycles. The summed E-state index contributed by atoms with van der Waals surface area (Å²) in [6.07, 6.45) is 1.58. The Balaban J connectivity index is 1.34. The fourth-order valence-electron chi connectivity index (χ4n) is 7.54. The van der Waals surface area contributed by atoms with Crippen LogP contribution in [0.25, 0.3) is 10.8 Å². The van der Waals surface area contributed by atoms with E-state index in [0.717, 1.165) is 16.7 Å². The van der Waals surface area contributed by atoms with Gasteiger partial charge in [-0.3, -0.25) is 43.6 Å². The van der Waals surface area contributed by atoms with Crippen molar-refractivity contribution in [2.45, 2.75) is 112 Å². The number of hydrogen-bond acceptors (Lipinski definition) is 13. The molecule has 358 valence electrons. The monoisotopic (exact) mass is 901 g/mol. The summed E-state index contributed by atoms with van der Waals surface area (Å²) in [5.74, 6) is -1.04. The Labute approximate surface area is 388 Å². The molecule has 0 aromatic heterocycles. The number of ketones is 2. The first-order valence-corrected chi connectivity index (χ1v) is 23.2. The maximum absolute atomic E-state index is 13.6. The van der Waals surface area contributed by atoms with Gasteiger partial charge in [-0.15, -0.1) is 0 Å². The number of carbonyl (C=O) groups excluding carboxylic acids is 5. The van der Waals surface area contributed by atoms with Gasteiger partial charge in [0.1, 0.15) is 29.2 Å². The van der Waals surface area contributed by atoms with E-state index in [4.69, 9.17) is 18.9 Å². The highest BCUT2D eigenvalue weighted by atomic mass is 16.6. The lowest BCUT2D eigenvalue weighted by Gasteiger charge is -2.34. The minimum atomic E-state index is -0.644. The Bertz CT molecular complexity index is 1970. The maximum atomic E-state index is 13.6. The largest absolute Gasteiger partial charge is 0.459 e. The SMILES string of the molecule is C[C@H](Cc1ccc2ccccc2c1)C(=O)COCc1ccc(CCC(=O)CN2CCN(CC(=O)OC(C)(C)C)CCN(CC(=O)OC(C)(C)C)CCN(CC(=O)OC(C)(C)C)CC2)cc1. The standard InChI is InChI=1S/C52H76N4O9/c1-39(31-42-19-21-43-13-11-12-14-44(43)32-42)46(58)38-62-37-41-17-15-40(16-18-41)20-22-45(57)33-53-23-25-54(34-47(59)63-50(2,3)4)27-29-56(36-49(61)65-52(8,9)10)30-28-55(26-24-53)35-48(60)64-51(5,6)7/h11-19,21,32,39H,20,22-31,33-38H2,1-10H3/t39-/m1/s1. The van der Waals surface area contributed by atoms with Gasteiger partial charge >= 0.3 is 17.9 Å². The van der Waals surface area contributed by atoms with Gasteiger partial charge in [-0.25, -0.2) is 0 Å². The van der Waals surface area contributed by atoms with Crippen molar-refractivity contribution in [3.8, 4) is 0 Å². The van der Waals surface area contributed by atoms with Crippen molar-refractivity contribution in [2.24, 2.45) is 5.92 Å². The second kappa shape index (κ2) is 24.8. The molecule has 65 heavy (non-hydrogen) atoms. The number of benzene rings is 3. The van der Waals surface area contributed by atoms with E-state index >= 15 is 0 Å². The summed E-state index contributed by atoms with van der Waals surface area (Å²) in [4.78, 5) is 73.8. The highest BCUT2D eigenvalue weighted by Crippen LogP contribution is 2.19. The Hall–Kier alpha value is -4.53. The van der Waals surface area contributed by atoms with Gasteiger partial charge in [0.25, 0.3) is 0 Å². The molecule has 0 unspecified atom stereocenters. The zero-order valence-corrected chi connectivity index (χ0v) is 40.9. The summed E-state index contributed by atoms with van der Waals surface area (Å²) in [7, 11) is 0. The Morgan fingerprint density at radius 1 is 0.523 bits per heavy atom. The van der Waals surface area contributed by atoms with E-state index in [1.165, 1.54) is 10.8 Å². The maximum Gasteiger partial charge on any atom is 0.320 e. The molecule has 0 saturated carbocycles. The van der Waals surface area contributed by atoms with Crippen molar-refractivity contribution in [1.29, 1.82) is 0 Å². The molecule has 0 bridgehead atoms. The molecular weight excluding hydrogens is 825 g/mol. The van der Waals surface area contributed by atoms with Crippen LogP contribution in [-0.2, 0) is 62.4 Å². The molecule has 1 aliphatic rings. The fourth-order valence-corrected chi connectivity index (χ4v) is 7.54. The van der Waals surface area contributed by atoms with Gasteiger partial charge in [-0.1, -0.05) is 73.7 Å². The third-order valence-corrected chi connectivity index (χ3v) is 10.8. The van der Waals surface area contributed by atoms with E-state index in [-0.39, 0.29) is 68.2 Å². The zero-order chi connectivity index (χ0) is 47.8. The molecule has 0 N–H and O–H groups in total. The normalized spacial score (nSPS) is 16.3. The highest BCUT2D eigenvalue weighted by Gasteiger charge is 2.26. The lowest BCUT2D eigenvalue weighted by molar-refractivity contribution is -0.158. The van der Waals surface area contributed by atoms with Gasteiger partial charge in [0, 0.05) is 64.7 Å². The topological polar surface area (TPSA) is 135 Å². The molecule has 3 aromatic rings. The first-order valence-electron chi connectivity index (χ1n) is 23.2. The third kappa shape index (κ3) is 21.5. The lowest BCUT2D eigenvalue weighted by atomic mass is 9.95. The molecule has 0 spiro atoms. The second-order valence-electron chi connectivity index (χ2n) is 20.5. The van der Waals surface area contributed by atoms with Crippen LogP contribution in [0.3, 0.4) is 0 Å². The predicted octanol–water partition coefficient (Wildman–Crippen LogP) is 6.55. The van der Waals surface area contributed by atoms with Crippen molar-refractivity contribution in [2.75, 3.05) is 85.1 Å². The molecule has 13 nitrogen and oxygen atoms in total. The van der Waals surface area contributed by atoms with Crippen molar-refractivity contribution < 1.29 is 42.9 Å². The van der Waals surface area contributed by atoms with Gasteiger partial charge in [0.05, 0.1) is 32.8 Å². The number of aryl methyl sites for hydroxylation is 1. The number of carbonyl (C=O) groups is 5. The number of fused-ring (bicyclic) bond motifs is 1. The Morgan fingerprint density at radius 2 is 0.923 bits per heavy atom. The summed E-state index contributed by atoms with van der Waals surface area (Å²) < 4.78 is 22.8. The quantitative estimate of drug-likeness (QED) is 0.101. The lowest BCUT2D eigenvalue weighted by Crippen LogP contribution is -2.50. The van der Waals surface area contributed by atoms with E-state index in [2.05, 4.69) is 35.2 Å². The molecule has 0 amide bonds. The van der Waals surface area contributed by atoms with Crippen LogP contribution in [0.15, 0.2) is 66.7 Å². The summed E-state index contributed by atoms with van der Waals surface area (Å²) in [5.41, 5.74) is 1.18. The fraction of sp³-hybridized carbons (Fsp3) is 0.596. The zero-order valence-electron chi connectivity index (χ0n) is 40.9. The van der Waals surface area contributed by atoms with Crippen LogP contribution in [-0.4, -0.2) is 151 Å². The summed E-state index contributed by atoms with van der Waals surface area (Å²) >= 11 is 0. The van der Waals surface area contributed by atoms with Crippen molar-refractivity contribution in [3.63, 3.8) is 0 Å². The Kier molecular flexibility index (Phi) is 20.3. The first-order chi connectivity index (χ1) is 30.5. The van der Waals surface area contributed by atoms with Crippen LogP contribution in [0.1, 0.15) is 92.3 Å². The molecule has 1 atom stereocenters. The van der Waals surface area contributed by atoms with Crippen molar-refractivity contribution in [3.05, 3.63) is 83.4 Å². The van der Waals surface area contributed by atoms with E-state index in [0.29, 0.717) is 78.2 Å². The average Bonchev–Trinajstić information content (AvgIpc) is 3.19. The number of rotatable bonds is 18. The van der Waals surface area contributed by atoms with Gasteiger partial charge in [0.15, 0.2) is 5.78 Å². The number of esters is 3. The van der Waals surface area contributed by atoms with Crippen LogP contribution in [0.4, 0.5) is 0 Å². The van der Waals surface area contributed by atoms with Gasteiger partial charge < -0.3 is 18.9 Å². The van der Waals surface area contributed by atoms with Crippen LogP contribution in [0.5, 0.6) is 0 Å². The molecule has 1 heterocycles. The molecule has 1 aliphatic heterocycles. The van der Waals surface area contributed by atoms with Gasteiger partial charge in [0.2, 0.25) is 0 Å². The smallest absolute Gasteiger partial charge is 0.320 e.